The van der Waals surface area contributed by atoms with Crippen LogP contribution in [0.25, 0.3) is 32.3 Å². The van der Waals surface area contributed by atoms with Crippen LogP contribution in [-0.4, -0.2) is 76.8 Å². The number of rotatable bonds is 21. The molecule has 0 heterocycles. The molecule has 0 aliphatic carbocycles. The second-order valence-electron chi connectivity index (χ2n) is 18.9. The lowest BCUT2D eigenvalue weighted by Gasteiger charge is -2.41. The lowest BCUT2D eigenvalue weighted by atomic mass is 9.97. The molecule has 0 saturated carbocycles. The molecule has 6 nitrogen and oxygen atoms in total. The topological polar surface area (TPSA) is 62.2 Å². The molecule has 0 bridgehead atoms. The van der Waals surface area contributed by atoms with Crippen LogP contribution in [0.5, 0.6) is 11.5 Å². The van der Waals surface area contributed by atoms with Gasteiger partial charge in [0.05, 0.1) is 0 Å². The number of likely N-dealkylation sites (N-methyl/N-ethyl adjacent to an activating group) is 1. The maximum atomic E-state index is 10.5. The molecule has 6 heteroatoms. The van der Waals surface area contributed by atoms with Crippen LogP contribution in [0.4, 0.5) is 0 Å². The fourth-order valence-electron chi connectivity index (χ4n) is 9.85. The first-order valence-corrected chi connectivity index (χ1v) is 24.2. The van der Waals surface area contributed by atoms with E-state index in [1.807, 2.05) is 12.1 Å². The number of nitrogens with zero attached hydrogens (tertiary/aromatic N) is 3. The molecule has 3 N–H and O–H groups in total. The summed E-state index contributed by atoms with van der Waals surface area (Å²) in [6.45, 7) is 4.73. The van der Waals surface area contributed by atoms with Crippen molar-refractivity contribution < 1.29 is 10.2 Å². The maximum Gasteiger partial charge on any atom is 0.115 e. The number of benzene rings is 9. The quantitative estimate of drug-likeness (QED) is 0.0668. The first-order valence-electron chi connectivity index (χ1n) is 24.2. The van der Waals surface area contributed by atoms with E-state index in [9.17, 15) is 10.2 Å². The zero-order valence-electron chi connectivity index (χ0n) is 39.5. The lowest BCUT2D eigenvalue weighted by Crippen LogP contribution is -2.53. The molecule has 344 valence electrons. The van der Waals surface area contributed by atoms with Crippen LogP contribution in [0, 0.1) is 0 Å². The Kier molecular flexibility index (Phi) is 15.2. The van der Waals surface area contributed by atoms with Gasteiger partial charge in [-0.15, -0.1) is 0 Å². The van der Waals surface area contributed by atoms with Gasteiger partial charge in [0.15, 0.2) is 0 Å². The Bertz CT molecular complexity index is 3010. The number of phenols is 2. The SMILES string of the molecule is CN(C)C(Cc1ccc(O)cc1)CN(Cc1ccc2ccccc2c1)C(Cc1ccc(O)cc1)CN(Cc1ccc2ccccc2c1)C(CNCc1ccc2ccccc2c1)Cc1ccccc1. The van der Waals surface area contributed by atoms with Gasteiger partial charge in [0.1, 0.15) is 11.5 Å². The minimum atomic E-state index is 0.0764. The van der Waals surface area contributed by atoms with Crippen molar-refractivity contribution in [3.63, 3.8) is 0 Å². The van der Waals surface area contributed by atoms with Crippen molar-refractivity contribution in [2.24, 2.45) is 0 Å². The summed E-state index contributed by atoms with van der Waals surface area (Å²) in [6, 6.07) is 73.6. The number of phenolic OH excluding ortho intramolecular Hbond substituents is 2. The highest BCUT2D eigenvalue weighted by molar-refractivity contribution is 5.84. The molecule has 0 saturated heterocycles. The summed E-state index contributed by atoms with van der Waals surface area (Å²) in [4.78, 5) is 7.85. The van der Waals surface area contributed by atoms with E-state index in [0.29, 0.717) is 0 Å². The van der Waals surface area contributed by atoms with E-state index >= 15 is 0 Å². The third kappa shape index (κ3) is 12.4. The zero-order valence-corrected chi connectivity index (χ0v) is 39.5. The molecule has 0 amide bonds. The molecule has 0 aliphatic heterocycles. The van der Waals surface area contributed by atoms with Gasteiger partial charge in [0.2, 0.25) is 0 Å². The van der Waals surface area contributed by atoms with Gasteiger partial charge in [0.25, 0.3) is 0 Å². The summed E-state index contributed by atoms with van der Waals surface area (Å²) in [7, 11) is 4.38. The normalized spacial score (nSPS) is 13.2. The number of fused-ring (bicyclic) bond motifs is 3. The number of aromatic hydroxyl groups is 2. The average molecular weight is 897 g/mol. The summed E-state index contributed by atoms with van der Waals surface area (Å²) < 4.78 is 0. The Hall–Kier alpha value is -6.80. The molecule has 9 rings (SSSR count). The van der Waals surface area contributed by atoms with Crippen LogP contribution in [0.2, 0.25) is 0 Å². The molecule has 9 aromatic carbocycles. The van der Waals surface area contributed by atoms with E-state index in [1.54, 1.807) is 12.1 Å². The van der Waals surface area contributed by atoms with Crippen LogP contribution < -0.4 is 5.32 Å². The van der Waals surface area contributed by atoms with Crippen molar-refractivity contribution in [3.8, 4) is 11.5 Å². The Balaban J connectivity index is 1.12. The third-order valence-corrected chi connectivity index (χ3v) is 13.7. The molecule has 0 aliphatic rings. The summed E-state index contributed by atoms with van der Waals surface area (Å²) in [5.41, 5.74) is 7.55. The van der Waals surface area contributed by atoms with E-state index in [1.165, 1.54) is 65.7 Å². The maximum absolute atomic E-state index is 10.5. The molecule has 68 heavy (non-hydrogen) atoms. The molecule has 3 unspecified atom stereocenters. The fraction of sp³-hybridized carbons (Fsp3) is 0.226. The van der Waals surface area contributed by atoms with Crippen LogP contribution in [0.3, 0.4) is 0 Å². The van der Waals surface area contributed by atoms with Gasteiger partial charge in [-0.25, -0.2) is 0 Å². The van der Waals surface area contributed by atoms with Crippen molar-refractivity contribution in [2.75, 3.05) is 33.7 Å². The van der Waals surface area contributed by atoms with Gasteiger partial charge in [-0.2, -0.15) is 0 Å². The summed E-state index contributed by atoms with van der Waals surface area (Å²) in [5.74, 6) is 0.559. The predicted molar refractivity (Wildman–Crippen MR) is 283 cm³/mol. The van der Waals surface area contributed by atoms with Crippen molar-refractivity contribution in [1.29, 1.82) is 0 Å². The van der Waals surface area contributed by atoms with Crippen molar-refractivity contribution in [2.45, 2.75) is 57.0 Å². The Morgan fingerprint density at radius 3 is 1.24 bits per heavy atom. The number of hydrogen-bond donors (Lipinski definition) is 3. The standard InChI is InChI=1S/C62H64N4O2/c1-64(2)59(38-47-23-30-61(67)31-24-47)44-66(43-51-22-29-54-16-8-11-19-57(54)36-51)60(39-48-25-32-62(68)33-26-48)45-65(42-50-21-28-53-15-7-10-18-56(53)35-50)58(37-46-12-4-3-5-13-46)41-63-40-49-20-27-52-14-6-9-17-55(52)34-49/h3-36,58-60,63,67-68H,37-45H2,1-2H3. The minimum absolute atomic E-state index is 0.0764. The Morgan fingerprint density at radius 1 is 0.368 bits per heavy atom. The Morgan fingerprint density at radius 2 is 0.735 bits per heavy atom. The average Bonchev–Trinajstić information content (AvgIpc) is 3.36. The summed E-state index contributed by atoms with van der Waals surface area (Å²) in [6.07, 6.45) is 2.52. The van der Waals surface area contributed by atoms with Gasteiger partial charge >= 0.3 is 0 Å². The van der Waals surface area contributed by atoms with Crippen molar-refractivity contribution in [1.82, 2.24) is 20.0 Å². The van der Waals surface area contributed by atoms with E-state index in [2.05, 4.69) is 216 Å². The highest BCUT2D eigenvalue weighted by Crippen LogP contribution is 2.26. The van der Waals surface area contributed by atoms with Crippen LogP contribution in [0.1, 0.15) is 33.4 Å². The monoisotopic (exact) mass is 897 g/mol. The zero-order chi connectivity index (χ0) is 46.7. The van der Waals surface area contributed by atoms with Gasteiger partial charge < -0.3 is 20.4 Å². The largest absolute Gasteiger partial charge is 0.508 e. The molecule has 9 aromatic rings. The van der Waals surface area contributed by atoms with Crippen LogP contribution >= 0.6 is 0 Å². The molecular formula is C62H64N4O2. The minimum Gasteiger partial charge on any atom is -0.508 e. The summed E-state index contributed by atoms with van der Waals surface area (Å²) >= 11 is 0. The molecule has 0 aromatic heterocycles. The Labute approximate surface area is 402 Å². The lowest BCUT2D eigenvalue weighted by molar-refractivity contribution is 0.0775. The van der Waals surface area contributed by atoms with Crippen LogP contribution in [0.15, 0.2) is 206 Å². The second kappa shape index (κ2) is 22.3. The highest BCUT2D eigenvalue weighted by Gasteiger charge is 2.30. The summed E-state index contributed by atoms with van der Waals surface area (Å²) in [5, 5.41) is 32.2. The third-order valence-electron chi connectivity index (χ3n) is 13.7. The van der Waals surface area contributed by atoms with Gasteiger partial charge in [-0.05, 0) is 142 Å². The first kappa shape index (κ1) is 46.3. The predicted octanol–water partition coefficient (Wildman–Crippen LogP) is 12.0. The van der Waals surface area contributed by atoms with Gasteiger partial charge in [0, 0.05) is 57.4 Å². The number of nitrogens with one attached hydrogen (secondary N) is 1. The van der Waals surface area contributed by atoms with E-state index < -0.39 is 0 Å². The molecule has 0 spiro atoms. The van der Waals surface area contributed by atoms with Crippen LogP contribution in [-0.2, 0) is 38.9 Å². The van der Waals surface area contributed by atoms with Crippen molar-refractivity contribution in [3.05, 3.63) is 240 Å². The van der Waals surface area contributed by atoms with E-state index in [4.69, 9.17) is 0 Å². The molecule has 0 fully saturated rings. The highest BCUT2D eigenvalue weighted by atomic mass is 16.3. The molecule has 3 atom stereocenters. The fourth-order valence-corrected chi connectivity index (χ4v) is 9.85. The second-order valence-corrected chi connectivity index (χ2v) is 18.9. The van der Waals surface area contributed by atoms with E-state index in [-0.39, 0.29) is 29.6 Å². The molecular weight excluding hydrogens is 833 g/mol. The van der Waals surface area contributed by atoms with Crippen molar-refractivity contribution >= 4 is 32.3 Å². The molecule has 0 radical (unpaired) electrons. The smallest absolute Gasteiger partial charge is 0.115 e. The first-order chi connectivity index (χ1) is 33.3. The van der Waals surface area contributed by atoms with E-state index in [0.717, 1.165) is 58.5 Å². The van der Waals surface area contributed by atoms with Gasteiger partial charge in [-0.1, -0.05) is 164 Å². The van der Waals surface area contributed by atoms with Gasteiger partial charge in [-0.3, -0.25) is 9.80 Å². The number of hydrogen-bond acceptors (Lipinski definition) is 6.